The molecule has 2 fully saturated rings. The minimum absolute atomic E-state index is 0.0159. The summed E-state index contributed by atoms with van der Waals surface area (Å²) in [6.07, 6.45) is -2.90. The lowest BCUT2D eigenvalue weighted by Gasteiger charge is -2.45. The number of aromatic hydroxyl groups is 1. The molecule has 2 aliphatic heterocycles. The zero-order valence-electron chi connectivity index (χ0n) is 25.4. The number of piperidine rings is 1. The van der Waals surface area contributed by atoms with E-state index in [1.54, 1.807) is 25.1 Å². The number of nitrogens with one attached hydrogen (secondary N) is 1. The summed E-state index contributed by atoms with van der Waals surface area (Å²) in [5.74, 6) is -4.26. The van der Waals surface area contributed by atoms with E-state index in [0.29, 0.717) is 12.1 Å². The molecule has 0 radical (unpaired) electrons. The average molecular weight is 606 g/mol. The summed E-state index contributed by atoms with van der Waals surface area (Å²) < 4.78 is 56.9. The molecule has 1 amide bonds. The van der Waals surface area contributed by atoms with Gasteiger partial charge in [0.15, 0.2) is 5.78 Å². The van der Waals surface area contributed by atoms with Crippen molar-refractivity contribution in [2.75, 3.05) is 32.7 Å². The maximum Gasteiger partial charge on any atom is 0.408 e. The average Bonchev–Trinajstić information content (AvgIpc) is 3.44. The van der Waals surface area contributed by atoms with Crippen LogP contribution in [0.1, 0.15) is 73.9 Å². The van der Waals surface area contributed by atoms with E-state index in [1.165, 1.54) is 24.3 Å². The smallest absolute Gasteiger partial charge is 0.408 e. The number of carbonyl (C=O) groups excluding carboxylic acids is 2. The van der Waals surface area contributed by atoms with Crippen molar-refractivity contribution in [1.29, 1.82) is 0 Å². The van der Waals surface area contributed by atoms with Crippen LogP contribution < -0.4 is 5.32 Å². The third-order valence-corrected chi connectivity index (χ3v) is 8.70. The van der Waals surface area contributed by atoms with E-state index in [4.69, 9.17) is 0 Å². The molecule has 2 heterocycles. The summed E-state index contributed by atoms with van der Waals surface area (Å²) in [5, 5.41) is 13.5. The maximum atomic E-state index is 14.9. The zero-order chi connectivity index (χ0) is 31.5. The number of phenolic OH excluding ortho intramolecular Hbond substituents is 1. The molecule has 2 N–H and O–H groups in total. The van der Waals surface area contributed by atoms with Gasteiger partial charge in [-0.15, -0.1) is 0 Å². The molecular formula is C33H43F4N3O3. The molecule has 6 nitrogen and oxygen atoms in total. The summed E-state index contributed by atoms with van der Waals surface area (Å²) in [7, 11) is 0. The molecule has 0 aromatic heterocycles. The minimum Gasteiger partial charge on any atom is -0.508 e. The van der Waals surface area contributed by atoms with Crippen molar-refractivity contribution < 1.29 is 32.3 Å². The summed E-state index contributed by atoms with van der Waals surface area (Å²) >= 11 is 0. The number of alkyl halides is 3. The highest BCUT2D eigenvalue weighted by atomic mass is 19.4. The van der Waals surface area contributed by atoms with Gasteiger partial charge in [0.05, 0.1) is 5.92 Å². The van der Waals surface area contributed by atoms with E-state index in [1.807, 2.05) is 4.90 Å². The first-order valence-corrected chi connectivity index (χ1v) is 15.1. The van der Waals surface area contributed by atoms with E-state index in [2.05, 4.69) is 26.1 Å². The number of halogens is 4. The van der Waals surface area contributed by atoms with Crippen LogP contribution in [0.25, 0.3) is 0 Å². The SMILES string of the molecule is Cc1c(F)cccc1[C@@H]1[C@@H](C(=O)c2cccc(O)c2)CN(CCCCNC(C)(C)C)C[C@H]1C(=O)N1CCC[C@H]1C(F)(F)F. The van der Waals surface area contributed by atoms with Crippen molar-refractivity contribution in [2.24, 2.45) is 11.8 Å². The number of carbonyl (C=O) groups is 2. The Balaban J connectivity index is 1.73. The number of hydrogen-bond acceptors (Lipinski definition) is 5. The number of unbranched alkanes of at least 4 members (excludes halogenated alkanes) is 1. The summed E-state index contributed by atoms with van der Waals surface area (Å²) in [6, 6.07) is 8.52. The van der Waals surface area contributed by atoms with Gasteiger partial charge < -0.3 is 20.2 Å². The van der Waals surface area contributed by atoms with Crippen molar-refractivity contribution in [3.05, 3.63) is 65.0 Å². The van der Waals surface area contributed by atoms with Crippen molar-refractivity contribution >= 4 is 11.7 Å². The van der Waals surface area contributed by atoms with Crippen LogP contribution in [0.5, 0.6) is 5.75 Å². The van der Waals surface area contributed by atoms with Gasteiger partial charge in [0.2, 0.25) is 5.91 Å². The van der Waals surface area contributed by atoms with Crippen LogP contribution in [0.2, 0.25) is 0 Å². The molecule has 0 saturated carbocycles. The second-order valence-electron chi connectivity index (χ2n) is 13.0. The number of benzene rings is 2. The van der Waals surface area contributed by atoms with Crippen molar-refractivity contribution in [1.82, 2.24) is 15.1 Å². The number of amides is 1. The first kappa shape index (κ1) is 32.9. The molecule has 2 aliphatic rings. The highest BCUT2D eigenvalue weighted by Crippen LogP contribution is 2.44. The predicted octanol–water partition coefficient (Wildman–Crippen LogP) is 6.08. The van der Waals surface area contributed by atoms with Gasteiger partial charge in [-0.25, -0.2) is 4.39 Å². The molecule has 236 valence electrons. The van der Waals surface area contributed by atoms with Gasteiger partial charge in [-0.1, -0.05) is 24.3 Å². The molecule has 10 heteroatoms. The fraction of sp³-hybridized carbons (Fsp3) is 0.576. The lowest BCUT2D eigenvalue weighted by molar-refractivity contribution is -0.185. The monoisotopic (exact) mass is 605 g/mol. The number of phenols is 1. The molecule has 0 spiro atoms. The van der Waals surface area contributed by atoms with E-state index >= 15 is 0 Å². The number of Topliss-reactive ketones (excluding diaryl/α,β-unsaturated/α-hetero) is 1. The molecule has 2 aromatic carbocycles. The van der Waals surface area contributed by atoms with Crippen LogP contribution in [-0.2, 0) is 4.79 Å². The Bertz CT molecular complexity index is 1290. The molecule has 0 unspecified atom stereocenters. The fourth-order valence-corrected chi connectivity index (χ4v) is 6.60. The van der Waals surface area contributed by atoms with Crippen molar-refractivity contribution in [3.63, 3.8) is 0 Å². The maximum absolute atomic E-state index is 14.9. The van der Waals surface area contributed by atoms with Crippen LogP contribution in [-0.4, -0.2) is 77.1 Å². The number of rotatable bonds is 9. The predicted molar refractivity (Wildman–Crippen MR) is 158 cm³/mol. The Morgan fingerprint density at radius 2 is 1.72 bits per heavy atom. The zero-order valence-corrected chi connectivity index (χ0v) is 25.4. The van der Waals surface area contributed by atoms with E-state index in [0.717, 1.165) is 24.3 Å². The first-order valence-electron chi connectivity index (χ1n) is 15.1. The highest BCUT2D eigenvalue weighted by Gasteiger charge is 2.52. The third kappa shape index (κ3) is 7.95. The first-order chi connectivity index (χ1) is 20.2. The Kier molecular flexibility index (Phi) is 10.2. The van der Waals surface area contributed by atoms with Crippen LogP contribution in [0.4, 0.5) is 17.6 Å². The summed E-state index contributed by atoms with van der Waals surface area (Å²) in [4.78, 5) is 31.2. The second kappa shape index (κ2) is 13.3. The summed E-state index contributed by atoms with van der Waals surface area (Å²) in [5.41, 5.74) is 0.923. The lowest BCUT2D eigenvalue weighted by Crippen LogP contribution is -2.55. The fourth-order valence-electron chi connectivity index (χ4n) is 6.60. The normalized spacial score (nSPS) is 23.5. The molecule has 43 heavy (non-hydrogen) atoms. The Labute approximate surface area is 251 Å². The molecule has 4 atom stereocenters. The van der Waals surface area contributed by atoms with Gasteiger partial charge in [-0.3, -0.25) is 9.59 Å². The van der Waals surface area contributed by atoms with Crippen LogP contribution in [0, 0.1) is 24.6 Å². The Morgan fingerprint density at radius 1 is 1.02 bits per heavy atom. The van der Waals surface area contributed by atoms with Gasteiger partial charge in [0.25, 0.3) is 0 Å². The second-order valence-corrected chi connectivity index (χ2v) is 13.0. The molecule has 0 bridgehead atoms. The molecular weight excluding hydrogens is 562 g/mol. The van der Waals surface area contributed by atoms with E-state index < -0.39 is 41.7 Å². The van der Waals surface area contributed by atoms with Gasteiger partial charge in [0, 0.05) is 42.6 Å². The molecule has 2 aromatic rings. The minimum atomic E-state index is -4.57. The Morgan fingerprint density at radius 3 is 2.40 bits per heavy atom. The standard InChI is InChI=1S/C33H43F4N3O3/c1-21-24(12-8-13-27(21)34)29-25(30(42)22-10-7-11-23(41)18-22)19-39(16-6-5-15-38-32(2,3)4)20-26(29)31(43)40-17-9-14-28(40)33(35,36)37/h7-8,10-13,18,25-26,28-29,38,41H,5-6,9,14-17,19-20H2,1-4H3/t25-,26+,28-,29+/m0/s1. The number of nitrogens with zero attached hydrogens (tertiary/aromatic N) is 2. The topological polar surface area (TPSA) is 72.9 Å². The number of hydrogen-bond donors (Lipinski definition) is 2. The molecule has 2 saturated heterocycles. The summed E-state index contributed by atoms with van der Waals surface area (Å²) in [6.45, 7) is 9.54. The Hall–Kier alpha value is -2.98. The van der Waals surface area contributed by atoms with Gasteiger partial charge >= 0.3 is 6.18 Å². The van der Waals surface area contributed by atoms with Crippen LogP contribution in [0.15, 0.2) is 42.5 Å². The van der Waals surface area contributed by atoms with Crippen LogP contribution >= 0.6 is 0 Å². The van der Waals surface area contributed by atoms with Gasteiger partial charge in [-0.2, -0.15) is 13.2 Å². The van der Waals surface area contributed by atoms with Crippen molar-refractivity contribution in [2.45, 2.75) is 77.1 Å². The lowest BCUT2D eigenvalue weighted by atomic mass is 9.69. The third-order valence-electron chi connectivity index (χ3n) is 8.70. The molecule has 0 aliphatic carbocycles. The van der Waals surface area contributed by atoms with E-state index in [9.17, 15) is 32.3 Å². The van der Waals surface area contributed by atoms with Gasteiger partial charge in [-0.05, 0) is 95.8 Å². The van der Waals surface area contributed by atoms with Gasteiger partial charge in [0.1, 0.15) is 17.6 Å². The van der Waals surface area contributed by atoms with Crippen molar-refractivity contribution in [3.8, 4) is 5.75 Å². The van der Waals surface area contributed by atoms with Crippen LogP contribution in [0.3, 0.4) is 0 Å². The highest BCUT2D eigenvalue weighted by molar-refractivity contribution is 5.99. The quantitative estimate of drug-likeness (QED) is 0.206. The molecule has 4 rings (SSSR count). The number of ketones is 1. The van der Waals surface area contributed by atoms with E-state index in [-0.39, 0.29) is 60.7 Å². The largest absolute Gasteiger partial charge is 0.508 e. The number of likely N-dealkylation sites (tertiary alicyclic amines) is 2.